The van der Waals surface area contributed by atoms with Crippen molar-refractivity contribution < 1.29 is 4.79 Å². The van der Waals surface area contributed by atoms with Gasteiger partial charge in [-0.15, -0.1) is 0 Å². The number of carbonyl (C=O) groups excluding carboxylic acids is 1. The van der Waals surface area contributed by atoms with Gasteiger partial charge in [-0.05, 0) is 38.5 Å². The minimum atomic E-state index is -0.602. The van der Waals surface area contributed by atoms with Gasteiger partial charge in [0.2, 0.25) is 5.91 Å². The summed E-state index contributed by atoms with van der Waals surface area (Å²) in [5.41, 5.74) is 1.57. The van der Waals surface area contributed by atoms with E-state index in [9.17, 15) is 9.59 Å². The number of aryl methyl sites for hydroxylation is 1. The largest absolute Gasteiger partial charge is 0.314 e. The molecule has 0 spiro atoms. The Hall–Kier alpha value is -2.17. The zero-order valence-corrected chi connectivity index (χ0v) is 11.4. The van der Waals surface area contributed by atoms with E-state index in [0.29, 0.717) is 16.7 Å². The average molecular weight is 257 g/mol. The lowest BCUT2D eigenvalue weighted by Gasteiger charge is -2.16. The predicted molar refractivity (Wildman–Crippen MR) is 73.5 cm³/mol. The first-order valence-corrected chi connectivity index (χ1v) is 6.15. The third-order valence-corrected chi connectivity index (χ3v) is 3.82. The van der Waals surface area contributed by atoms with Crippen LogP contribution < -0.4 is 10.5 Å². The smallest absolute Gasteiger partial charge is 0.258 e. The highest BCUT2D eigenvalue weighted by Gasteiger charge is 2.42. The number of aromatic nitrogens is 2. The van der Waals surface area contributed by atoms with E-state index in [1.165, 1.54) is 0 Å². The summed E-state index contributed by atoms with van der Waals surface area (Å²) in [6.45, 7) is 5.49. The molecule has 1 aromatic heterocycles. The van der Waals surface area contributed by atoms with Gasteiger partial charge in [0.25, 0.3) is 5.56 Å². The monoisotopic (exact) mass is 257 g/mol. The molecule has 0 radical (unpaired) electrons. The number of fused-ring (bicyclic) bond motifs is 2. The van der Waals surface area contributed by atoms with E-state index in [-0.39, 0.29) is 11.5 Å². The Labute approximate surface area is 110 Å². The molecule has 5 heteroatoms. The normalized spacial score (nSPS) is 17.1. The molecule has 3 rings (SSSR count). The lowest BCUT2D eigenvalue weighted by atomic mass is 9.85. The number of rotatable bonds is 0. The SMILES string of the molecule is Cc1nc2cc3c(cc2c(=O)[nH]1)C(C)(C)C(=O)N3C. The fraction of sp³-hybridized carbons (Fsp3) is 0.357. The van der Waals surface area contributed by atoms with Crippen molar-refractivity contribution in [2.45, 2.75) is 26.2 Å². The Balaban J connectivity index is 2.44. The fourth-order valence-electron chi connectivity index (χ4n) is 2.71. The van der Waals surface area contributed by atoms with Crippen LogP contribution in [0.25, 0.3) is 10.9 Å². The summed E-state index contributed by atoms with van der Waals surface area (Å²) in [5.74, 6) is 0.606. The minimum absolute atomic E-state index is 0.0333. The molecule has 0 bridgehead atoms. The molecule has 1 N–H and O–H groups in total. The second-order valence-electron chi connectivity index (χ2n) is 5.53. The number of carbonyl (C=O) groups is 1. The summed E-state index contributed by atoms with van der Waals surface area (Å²) in [6, 6.07) is 3.61. The second-order valence-corrected chi connectivity index (χ2v) is 5.53. The number of hydrogen-bond acceptors (Lipinski definition) is 3. The number of nitrogens with one attached hydrogen (secondary N) is 1. The molecule has 98 valence electrons. The van der Waals surface area contributed by atoms with Crippen molar-refractivity contribution in [3.63, 3.8) is 0 Å². The van der Waals surface area contributed by atoms with Crippen LogP contribution in [0.4, 0.5) is 5.69 Å². The van der Waals surface area contributed by atoms with Gasteiger partial charge >= 0.3 is 0 Å². The molecular formula is C14H15N3O2. The van der Waals surface area contributed by atoms with Crippen LogP contribution in [0.15, 0.2) is 16.9 Å². The third-order valence-electron chi connectivity index (χ3n) is 3.82. The van der Waals surface area contributed by atoms with Crippen molar-refractivity contribution in [1.29, 1.82) is 0 Å². The standard InChI is InChI=1S/C14H15N3O2/c1-7-15-10-6-11-9(5-8(10)12(18)16-7)14(2,3)13(19)17(11)4/h5-6H,1-4H3,(H,15,16,18). The summed E-state index contributed by atoms with van der Waals surface area (Å²) in [4.78, 5) is 32.9. The Morgan fingerprint density at radius 1 is 1.26 bits per heavy atom. The maximum Gasteiger partial charge on any atom is 0.258 e. The van der Waals surface area contributed by atoms with Gasteiger partial charge in [-0.25, -0.2) is 4.98 Å². The van der Waals surface area contributed by atoms with Crippen LogP contribution in [0.2, 0.25) is 0 Å². The molecule has 1 aliphatic heterocycles. The minimum Gasteiger partial charge on any atom is -0.314 e. The van der Waals surface area contributed by atoms with Gasteiger partial charge in [0.15, 0.2) is 0 Å². The molecule has 0 fully saturated rings. The Morgan fingerprint density at radius 3 is 2.63 bits per heavy atom. The van der Waals surface area contributed by atoms with Crippen LogP contribution in [0.5, 0.6) is 0 Å². The first-order valence-electron chi connectivity index (χ1n) is 6.15. The quantitative estimate of drug-likeness (QED) is 0.777. The molecule has 0 unspecified atom stereocenters. The van der Waals surface area contributed by atoms with Crippen LogP contribution in [0, 0.1) is 6.92 Å². The zero-order chi connectivity index (χ0) is 13.9. The molecule has 1 aromatic carbocycles. The van der Waals surface area contributed by atoms with Gasteiger partial charge in [0.1, 0.15) is 5.82 Å². The van der Waals surface area contributed by atoms with Gasteiger partial charge in [0, 0.05) is 12.7 Å². The van der Waals surface area contributed by atoms with Crippen molar-refractivity contribution in [3.8, 4) is 0 Å². The van der Waals surface area contributed by atoms with E-state index in [0.717, 1.165) is 11.3 Å². The first kappa shape index (κ1) is 11.9. The first-order chi connectivity index (χ1) is 8.82. The van der Waals surface area contributed by atoms with E-state index in [4.69, 9.17) is 0 Å². The van der Waals surface area contributed by atoms with E-state index >= 15 is 0 Å². The number of likely N-dealkylation sites (N-methyl/N-ethyl adjacent to an activating group) is 1. The molecule has 0 atom stereocenters. The highest BCUT2D eigenvalue weighted by Crippen LogP contribution is 2.41. The number of hydrogen-bond donors (Lipinski definition) is 1. The highest BCUT2D eigenvalue weighted by atomic mass is 16.2. The molecule has 2 heterocycles. The van der Waals surface area contributed by atoms with E-state index < -0.39 is 5.41 Å². The fourth-order valence-corrected chi connectivity index (χ4v) is 2.71. The van der Waals surface area contributed by atoms with E-state index in [2.05, 4.69) is 9.97 Å². The number of benzene rings is 1. The van der Waals surface area contributed by atoms with Gasteiger partial charge in [-0.1, -0.05) is 0 Å². The summed E-state index contributed by atoms with van der Waals surface area (Å²) in [6.07, 6.45) is 0. The van der Waals surface area contributed by atoms with Crippen LogP contribution in [0.3, 0.4) is 0 Å². The summed E-state index contributed by atoms with van der Waals surface area (Å²) in [7, 11) is 1.75. The molecule has 19 heavy (non-hydrogen) atoms. The second kappa shape index (κ2) is 3.44. The van der Waals surface area contributed by atoms with Gasteiger partial charge in [-0.2, -0.15) is 0 Å². The number of amides is 1. The molecule has 5 nitrogen and oxygen atoms in total. The van der Waals surface area contributed by atoms with Gasteiger partial charge in [-0.3, -0.25) is 9.59 Å². The number of H-pyrrole nitrogens is 1. The molecular weight excluding hydrogens is 242 g/mol. The Morgan fingerprint density at radius 2 is 1.95 bits per heavy atom. The molecule has 1 aliphatic rings. The van der Waals surface area contributed by atoms with Crippen LogP contribution in [0.1, 0.15) is 25.2 Å². The van der Waals surface area contributed by atoms with Crippen molar-refractivity contribution in [2.24, 2.45) is 0 Å². The lowest BCUT2D eigenvalue weighted by Crippen LogP contribution is -2.33. The Kier molecular flexibility index (Phi) is 2.15. The third kappa shape index (κ3) is 1.44. The van der Waals surface area contributed by atoms with Gasteiger partial charge < -0.3 is 9.88 Å². The number of aromatic amines is 1. The maximum absolute atomic E-state index is 12.2. The summed E-state index contributed by atoms with van der Waals surface area (Å²) in [5, 5.41) is 0.528. The van der Waals surface area contributed by atoms with Crippen LogP contribution in [-0.4, -0.2) is 22.9 Å². The predicted octanol–water partition coefficient (Wildman–Crippen LogP) is 1.49. The summed E-state index contributed by atoms with van der Waals surface area (Å²) >= 11 is 0. The van der Waals surface area contributed by atoms with Gasteiger partial charge in [0.05, 0.1) is 16.3 Å². The molecule has 1 amide bonds. The lowest BCUT2D eigenvalue weighted by molar-refractivity contribution is -0.121. The molecule has 2 aromatic rings. The zero-order valence-electron chi connectivity index (χ0n) is 11.4. The average Bonchev–Trinajstić information content (AvgIpc) is 2.49. The Bertz CT molecular complexity index is 774. The van der Waals surface area contributed by atoms with Crippen molar-refractivity contribution in [1.82, 2.24) is 9.97 Å². The maximum atomic E-state index is 12.2. The van der Waals surface area contributed by atoms with Crippen LogP contribution >= 0.6 is 0 Å². The van der Waals surface area contributed by atoms with E-state index in [1.54, 1.807) is 24.9 Å². The number of anilines is 1. The topological polar surface area (TPSA) is 66.1 Å². The highest BCUT2D eigenvalue weighted by molar-refractivity contribution is 6.09. The van der Waals surface area contributed by atoms with Crippen molar-refractivity contribution in [2.75, 3.05) is 11.9 Å². The molecule has 0 aliphatic carbocycles. The van der Waals surface area contributed by atoms with Crippen molar-refractivity contribution >= 4 is 22.5 Å². The van der Waals surface area contributed by atoms with E-state index in [1.807, 2.05) is 19.9 Å². The van der Waals surface area contributed by atoms with Crippen LogP contribution in [-0.2, 0) is 10.2 Å². The molecule has 0 saturated heterocycles. The summed E-state index contributed by atoms with van der Waals surface area (Å²) < 4.78 is 0. The van der Waals surface area contributed by atoms with Crippen molar-refractivity contribution in [3.05, 3.63) is 33.9 Å². The molecule has 0 saturated carbocycles. The number of nitrogens with zero attached hydrogens (tertiary/aromatic N) is 2.